The lowest BCUT2D eigenvalue weighted by atomic mass is 9.91. The minimum absolute atomic E-state index is 0.0526. The molecular weight excluding hydrogens is 527 g/mol. The van der Waals surface area contributed by atoms with Crippen LogP contribution in [-0.4, -0.2) is 70.1 Å². The Balaban J connectivity index is 1.25. The summed E-state index contributed by atoms with van der Waals surface area (Å²) in [4.78, 5) is 31.6. The van der Waals surface area contributed by atoms with Gasteiger partial charge in [-0.05, 0) is 43.2 Å². The zero-order valence-electron chi connectivity index (χ0n) is 19.9. The van der Waals surface area contributed by atoms with Gasteiger partial charge < -0.3 is 10.0 Å². The molecule has 0 unspecified atom stereocenters. The van der Waals surface area contributed by atoms with Crippen molar-refractivity contribution in [3.63, 3.8) is 0 Å². The Morgan fingerprint density at radius 2 is 1.87 bits per heavy atom. The van der Waals surface area contributed by atoms with Crippen LogP contribution in [0.15, 0.2) is 53.8 Å². The van der Waals surface area contributed by atoms with Gasteiger partial charge in [-0.15, -0.1) is 0 Å². The number of hydrogen-bond acceptors (Lipinski definition) is 6. The molecule has 38 heavy (non-hydrogen) atoms. The summed E-state index contributed by atoms with van der Waals surface area (Å²) in [5, 5.41) is 19.4. The second-order valence-electron chi connectivity index (χ2n) is 9.28. The standard InChI is InChI=1S/C24H23ClF3N7O3/c25-19-5-8-34(31-19)18(21(27)28)11-20(36)32-9-6-24(38,7-10-32)13-33-14-29-22-17(23(33)37)12-30-35(22)16-3-1-15(26)2-4-16/h1-5,8,12,14,18,21,38H,6-7,9-11,13H2/t18-/m0/s1. The Bertz CT molecular complexity index is 1510. The number of amides is 1. The second kappa shape index (κ2) is 10.2. The number of fused-ring (bicyclic) bond motifs is 1. The van der Waals surface area contributed by atoms with Crippen molar-refractivity contribution in [3.05, 3.63) is 70.4 Å². The Hall–Kier alpha value is -3.71. The minimum Gasteiger partial charge on any atom is -0.388 e. The average molecular weight is 550 g/mol. The maximum atomic E-state index is 13.6. The van der Waals surface area contributed by atoms with Crippen LogP contribution >= 0.6 is 11.6 Å². The van der Waals surface area contributed by atoms with Crippen LogP contribution in [0.2, 0.25) is 5.15 Å². The molecule has 1 aromatic carbocycles. The molecule has 3 aromatic heterocycles. The van der Waals surface area contributed by atoms with E-state index in [4.69, 9.17) is 11.6 Å². The van der Waals surface area contributed by atoms with Crippen molar-refractivity contribution < 1.29 is 23.1 Å². The molecule has 0 saturated carbocycles. The van der Waals surface area contributed by atoms with E-state index in [2.05, 4.69) is 15.2 Å². The summed E-state index contributed by atoms with van der Waals surface area (Å²) in [5.74, 6) is -0.893. The SMILES string of the molecule is O=C(C[C@@H](C(F)F)n1ccc(Cl)n1)N1CCC(O)(Cn2cnc3c(cnn3-c3ccc(F)cc3)c2=O)CC1. The predicted octanol–water partition coefficient (Wildman–Crippen LogP) is 2.82. The van der Waals surface area contributed by atoms with Gasteiger partial charge >= 0.3 is 0 Å². The highest BCUT2D eigenvalue weighted by Gasteiger charge is 2.36. The molecule has 4 heterocycles. The van der Waals surface area contributed by atoms with Gasteiger partial charge in [0.15, 0.2) is 10.8 Å². The highest BCUT2D eigenvalue weighted by molar-refractivity contribution is 6.29. The summed E-state index contributed by atoms with van der Waals surface area (Å²) < 4.78 is 44.1. The van der Waals surface area contributed by atoms with E-state index in [1.807, 2.05) is 0 Å². The first kappa shape index (κ1) is 25.9. The van der Waals surface area contributed by atoms with Crippen molar-refractivity contribution in [1.29, 1.82) is 0 Å². The van der Waals surface area contributed by atoms with E-state index in [9.17, 15) is 27.9 Å². The third-order valence-electron chi connectivity index (χ3n) is 6.73. The van der Waals surface area contributed by atoms with Crippen molar-refractivity contribution >= 4 is 28.5 Å². The quantitative estimate of drug-likeness (QED) is 0.379. The molecule has 0 aliphatic carbocycles. The molecule has 10 nitrogen and oxygen atoms in total. The van der Waals surface area contributed by atoms with Crippen molar-refractivity contribution in [1.82, 2.24) is 34.0 Å². The number of likely N-dealkylation sites (tertiary alicyclic amines) is 1. The Kier molecular flexibility index (Phi) is 6.97. The molecule has 5 rings (SSSR count). The van der Waals surface area contributed by atoms with Crippen molar-refractivity contribution in [2.75, 3.05) is 13.1 Å². The van der Waals surface area contributed by atoms with Crippen LogP contribution in [0.1, 0.15) is 25.3 Å². The van der Waals surface area contributed by atoms with E-state index in [1.54, 1.807) is 0 Å². The number of aliphatic hydroxyl groups is 1. The van der Waals surface area contributed by atoms with Gasteiger partial charge in [0, 0.05) is 19.3 Å². The average Bonchev–Trinajstić information content (AvgIpc) is 3.51. The lowest BCUT2D eigenvalue weighted by Gasteiger charge is -2.38. The lowest BCUT2D eigenvalue weighted by Crippen LogP contribution is -2.50. The van der Waals surface area contributed by atoms with Crippen LogP contribution in [0.4, 0.5) is 13.2 Å². The van der Waals surface area contributed by atoms with Crippen molar-refractivity contribution in [2.24, 2.45) is 0 Å². The van der Waals surface area contributed by atoms with Gasteiger partial charge in [0.05, 0.1) is 30.5 Å². The van der Waals surface area contributed by atoms with Crippen LogP contribution < -0.4 is 5.56 Å². The lowest BCUT2D eigenvalue weighted by molar-refractivity contribution is -0.138. The predicted molar refractivity (Wildman–Crippen MR) is 131 cm³/mol. The van der Waals surface area contributed by atoms with Gasteiger partial charge in [-0.25, -0.2) is 22.8 Å². The number of hydrogen-bond donors (Lipinski definition) is 1. The fourth-order valence-corrected chi connectivity index (χ4v) is 4.73. The number of carbonyl (C=O) groups excluding carboxylic acids is 1. The topological polar surface area (TPSA) is 111 Å². The second-order valence-corrected chi connectivity index (χ2v) is 9.66. The third kappa shape index (κ3) is 5.16. The maximum Gasteiger partial charge on any atom is 0.264 e. The van der Waals surface area contributed by atoms with Crippen LogP contribution in [0.5, 0.6) is 0 Å². The highest BCUT2D eigenvalue weighted by Crippen LogP contribution is 2.27. The number of nitrogens with zero attached hydrogens (tertiary/aromatic N) is 7. The zero-order chi connectivity index (χ0) is 27.0. The van der Waals surface area contributed by atoms with Crippen LogP contribution in [0, 0.1) is 5.82 Å². The van der Waals surface area contributed by atoms with Crippen LogP contribution in [0.3, 0.4) is 0 Å². The first-order chi connectivity index (χ1) is 18.1. The number of alkyl halides is 2. The molecule has 1 aliphatic rings. The zero-order valence-corrected chi connectivity index (χ0v) is 20.7. The molecule has 0 spiro atoms. The normalized spacial score (nSPS) is 16.3. The van der Waals surface area contributed by atoms with Gasteiger partial charge in [-0.1, -0.05) is 11.6 Å². The Labute approximate surface area is 218 Å². The van der Waals surface area contributed by atoms with E-state index in [-0.39, 0.29) is 48.7 Å². The van der Waals surface area contributed by atoms with Gasteiger partial charge in [0.25, 0.3) is 12.0 Å². The van der Waals surface area contributed by atoms with Gasteiger partial charge in [0.1, 0.15) is 23.6 Å². The summed E-state index contributed by atoms with van der Waals surface area (Å²) in [7, 11) is 0. The molecule has 1 fully saturated rings. The van der Waals surface area contributed by atoms with E-state index >= 15 is 0 Å². The molecular formula is C24H23ClF3N7O3. The van der Waals surface area contributed by atoms with Crippen molar-refractivity contribution in [2.45, 2.75) is 43.9 Å². The molecule has 1 amide bonds. The number of carbonyl (C=O) groups is 1. The molecule has 0 radical (unpaired) electrons. The van der Waals surface area contributed by atoms with Crippen molar-refractivity contribution in [3.8, 4) is 5.69 Å². The number of benzene rings is 1. The number of piperidine rings is 1. The van der Waals surface area contributed by atoms with Gasteiger partial charge in [-0.3, -0.25) is 18.8 Å². The molecule has 1 saturated heterocycles. The fraction of sp³-hybridized carbons (Fsp3) is 0.375. The van der Waals surface area contributed by atoms with E-state index in [0.717, 1.165) is 4.68 Å². The number of rotatable bonds is 7. The number of halogens is 4. The molecule has 1 N–H and O–H groups in total. The number of aromatic nitrogens is 6. The molecule has 14 heteroatoms. The molecule has 0 bridgehead atoms. The van der Waals surface area contributed by atoms with Crippen LogP contribution in [-0.2, 0) is 11.3 Å². The van der Waals surface area contributed by atoms with E-state index < -0.39 is 41.8 Å². The molecule has 200 valence electrons. The van der Waals surface area contributed by atoms with Crippen LogP contribution in [0.25, 0.3) is 16.7 Å². The van der Waals surface area contributed by atoms with Gasteiger partial charge in [0.2, 0.25) is 5.91 Å². The fourth-order valence-electron chi connectivity index (χ4n) is 4.59. The smallest absolute Gasteiger partial charge is 0.264 e. The molecule has 1 aliphatic heterocycles. The highest BCUT2D eigenvalue weighted by atomic mass is 35.5. The first-order valence-electron chi connectivity index (χ1n) is 11.8. The summed E-state index contributed by atoms with van der Waals surface area (Å²) >= 11 is 5.72. The largest absolute Gasteiger partial charge is 0.388 e. The minimum atomic E-state index is -2.82. The maximum absolute atomic E-state index is 13.6. The monoisotopic (exact) mass is 549 g/mol. The molecule has 1 atom stereocenters. The summed E-state index contributed by atoms with van der Waals surface area (Å²) in [6, 6.07) is 5.49. The van der Waals surface area contributed by atoms with Gasteiger partial charge in [-0.2, -0.15) is 10.2 Å². The first-order valence-corrected chi connectivity index (χ1v) is 12.2. The third-order valence-corrected chi connectivity index (χ3v) is 6.93. The van der Waals surface area contributed by atoms with E-state index in [1.165, 1.54) is 63.2 Å². The van der Waals surface area contributed by atoms with E-state index in [0.29, 0.717) is 5.69 Å². The summed E-state index contributed by atoms with van der Waals surface area (Å²) in [6.45, 7) is 0.208. The summed E-state index contributed by atoms with van der Waals surface area (Å²) in [6.07, 6.45) is 0.973. The Morgan fingerprint density at radius 1 is 1.16 bits per heavy atom. The summed E-state index contributed by atoms with van der Waals surface area (Å²) in [5.41, 5.74) is -0.891. The Morgan fingerprint density at radius 3 is 2.50 bits per heavy atom. The molecule has 4 aromatic rings.